The Morgan fingerprint density at radius 1 is 1.47 bits per heavy atom. The Morgan fingerprint density at radius 2 is 2.26 bits per heavy atom. The fraction of sp³-hybridized carbons (Fsp3) is 0.429. The first kappa shape index (κ1) is 13.9. The van der Waals surface area contributed by atoms with Crippen LogP contribution in [0, 0.1) is 6.92 Å². The lowest BCUT2D eigenvalue weighted by atomic mass is 10.2. The number of aromatic nitrogens is 2. The molecule has 0 radical (unpaired) electrons. The second-order valence-corrected chi connectivity index (χ2v) is 4.73. The number of imidazole rings is 1. The molecule has 4 nitrogen and oxygen atoms in total. The highest BCUT2D eigenvalue weighted by Gasteiger charge is 2.12. The summed E-state index contributed by atoms with van der Waals surface area (Å²) >= 11 is 5.95. The lowest BCUT2D eigenvalue weighted by molar-refractivity contribution is -0.121. The summed E-state index contributed by atoms with van der Waals surface area (Å²) < 4.78 is 2.05. The number of carbonyl (C=O) groups is 1. The number of hydrogen-bond acceptors (Lipinski definition) is 2. The standard InChI is InChI=1S/C14H18ClN3O/c1-3-16-13(19)7-8-18-12(9-15)17-11-6-4-5-10(2)14(11)18/h4-6H,3,7-9H2,1-2H3,(H,16,19). The summed E-state index contributed by atoms with van der Waals surface area (Å²) in [5.41, 5.74) is 3.16. The van der Waals surface area contributed by atoms with Crippen LogP contribution in [-0.4, -0.2) is 22.0 Å². The van der Waals surface area contributed by atoms with Crippen molar-refractivity contribution in [2.45, 2.75) is 32.7 Å². The number of benzene rings is 1. The minimum atomic E-state index is 0.0541. The number of fused-ring (bicyclic) bond motifs is 1. The van der Waals surface area contributed by atoms with Crippen LogP contribution in [0.5, 0.6) is 0 Å². The maximum atomic E-state index is 11.6. The van der Waals surface area contributed by atoms with Crippen molar-refractivity contribution in [3.8, 4) is 0 Å². The molecule has 0 bridgehead atoms. The van der Waals surface area contributed by atoms with Crippen molar-refractivity contribution < 1.29 is 4.79 Å². The van der Waals surface area contributed by atoms with Gasteiger partial charge in [-0.15, -0.1) is 11.6 Å². The first-order chi connectivity index (χ1) is 9.17. The molecule has 5 heteroatoms. The van der Waals surface area contributed by atoms with Gasteiger partial charge in [0, 0.05) is 19.5 Å². The molecule has 0 saturated carbocycles. The third kappa shape index (κ3) is 2.89. The first-order valence-corrected chi connectivity index (χ1v) is 6.98. The van der Waals surface area contributed by atoms with Gasteiger partial charge in [0.25, 0.3) is 0 Å². The van der Waals surface area contributed by atoms with Gasteiger partial charge >= 0.3 is 0 Å². The molecule has 0 atom stereocenters. The van der Waals surface area contributed by atoms with E-state index in [0.717, 1.165) is 22.4 Å². The molecule has 1 aromatic heterocycles. The number of amides is 1. The average Bonchev–Trinajstić information content (AvgIpc) is 2.76. The van der Waals surface area contributed by atoms with E-state index < -0.39 is 0 Å². The molecule has 0 fully saturated rings. The highest BCUT2D eigenvalue weighted by Crippen LogP contribution is 2.21. The van der Waals surface area contributed by atoms with Crippen molar-refractivity contribution in [1.82, 2.24) is 14.9 Å². The van der Waals surface area contributed by atoms with Crippen molar-refractivity contribution >= 4 is 28.5 Å². The molecule has 1 amide bonds. The van der Waals surface area contributed by atoms with Gasteiger partial charge in [-0.1, -0.05) is 12.1 Å². The molecule has 1 aromatic carbocycles. The zero-order valence-electron chi connectivity index (χ0n) is 11.2. The lowest BCUT2D eigenvalue weighted by Gasteiger charge is -2.09. The van der Waals surface area contributed by atoms with E-state index in [-0.39, 0.29) is 5.91 Å². The number of alkyl halides is 1. The molecule has 19 heavy (non-hydrogen) atoms. The quantitative estimate of drug-likeness (QED) is 0.855. The molecule has 0 spiro atoms. The summed E-state index contributed by atoms with van der Waals surface area (Å²) in [6, 6.07) is 6.00. The van der Waals surface area contributed by atoms with E-state index in [1.807, 2.05) is 36.6 Å². The number of hydrogen-bond donors (Lipinski definition) is 1. The summed E-state index contributed by atoms with van der Waals surface area (Å²) in [4.78, 5) is 16.1. The lowest BCUT2D eigenvalue weighted by Crippen LogP contribution is -2.24. The molecule has 1 N–H and O–H groups in total. The van der Waals surface area contributed by atoms with E-state index in [2.05, 4.69) is 10.3 Å². The van der Waals surface area contributed by atoms with Crippen molar-refractivity contribution in [3.05, 3.63) is 29.6 Å². The van der Waals surface area contributed by atoms with Crippen LogP contribution in [0.4, 0.5) is 0 Å². The van der Waals surface area contributed by atoms with Gasteiger partial charge in [-0.05, 0) is 25.5 Å². The van der Waals surface area contributed by atoms with Crippen LogP contribution in [0.1, 0.15) is 24.7 Å². The van der Waals surface area contributed by atoms with Gasteiger partial charge in [0.05, 0.1) is 16.9 Å². The number of nitrogens with one attached hydrogen (secondary N) is 1. The summed E-state index contributed by atoms with van der Waals surface area (Å²) in [5, 5.41) is 2.80. The fourth-order valence-corrected chi connectivity index (χ4v) is 2.46. The molecular formula is C14H18ClN3O. The number of aryl methyl sites for hydroxylation is 2. The Balaban J connectivity index is 2.32. The van der Waals surface area contributed by atoms with Crippen LogP contribution in [-0.2, 0) is 17.2 Å². The maximum absolute atomic E-state index is 11.6. The summed E-state index contributed by atoms with van der Waals surface area (Å²) in [5.74, 6) is 1.22. The van der Waals surface area contributed by atoms with Crippen molar-refractivity contribution in [2.24, 2.45) is 0 Å². The van der Waals surface area contributed by atoms with E-state index >= 15 is 0 Å². The fourth-order valence-electron chi connectivity index (χ4n) is 2.26. The van der Waals surface area contributed by atoms with E-state index in [4.69, 9.17) is 11.6 Å². The Labute approximate surface area is 117 Å². The van der Waals surface area contributed by atoms with Crippen molar-refractivity contribution in [1.29, 1.82) is 0 Å². The van der Waals surface area contributed by atoms with Crippen molar-refractivity contribution in [2.75, 3.05) is 6.54 Å². The normalized spacial score (nSPS) is 10.9. The van der Waals surface area contributed by atoms with E-state index in [1.54, 1.807) is 0 Å². The smallest absolute Gasteiger partial charge is 0.221 e. The molecule has 2 rings (SSSR count). The van der Waals surface area contributed by atoms with E-state index in [0.29, 0.717) is 25.4 Å². The zero-order valence-corrected chi connectivity index (χ0v) is 12.0. The third-order valence-electron chi connectivity index (χ3n) is 3.10. The predicted octanol–water partition coefficient (Wildman–Crippen LogP) is 2.61. The minimum absolute atomic E-state index is 0.0541. The SMILES string of the molecule is CCNC(=O)CCn1c(CCl)nc2cccc(C)c21. The molecule has 2 aromatic rings. The largest absolute Gasteiger partial charge is 0.356 e. The highest BCUT2D eigenvalue weighted by molar-refractivity contribution is 6.16. The number of rotatable bonds is 5. The number of carbonyl (C=O) groups excluding carboxylic acids is 1. The van der Waals surface area contributed by atoms with Crippen LogP contribution in [0.25, 0.3) is 11.0 Å². The molecule has 0 aliphatic heterocycles. The Bertz CT molecular complexity index is 592. The highest BCUT2D eigenvalue weighted by atomic mass is 35.5. The molecule has 0 saturated heterocycles. The second-order valence-electron chi connectivity index (χ2n) is 4.46. The van der Waals surface area contributed by atoms with E-state index in [1.165, 1.54) is 0 Å². The number of nitrogens with zero attached hydrogens (tertiary/aromatic N) is 2. The van der Waals surface area contributed by atoms with Crippen molar-refractivity contribution in [3.63, 3.8) is 0 Å². The maximum Gasteiger partial charge on any atom is 0.221 e. The molecule has 0 aliphatic carbocycles. The molecule has 0 unspecified atom stereocenters. The predicted molar refractivity (Wildman–Crippen MR) is 77.3 cm³/mol. The Morgan fingerprint density at radius 3 is 2.95 bits per heavy atom. The van der Waals surface area contributed by atoms with Gasteiger partial charge in [-0.25, -0.2) is 4.98 Å². The minimum Gasteiger partial charge on any atom is -0.356 e. The van der Waals surface area contributed by atoms with Gasteiger partial charge in [-0.3, -0.25) is 4.79 Å². The number of halogens is 1. The van der Waals surface area contributed by atoms with Gasteiger partial charge in [0.2, 0.25) is 5.91 Å². The zero-order chi connectivity index (χ0) is 13.8. The third-order valence-corrected chi connectivity index (χ3v) is 3.34. The van der Waals surface area contributed by atoms with Crippen LogP contribution < -0.4 is 5.32 Å². The first-order valence-electron chi connectivity index (χ1n) is 6.44. The molecular weight excluding hydrogens is 262 g/mol. The summed E-state index contributed by atoms with van der Waals surface area (Å²) in [6.07, 6.45) is 0.442. The molecule has 102 valence electrons. The van der Waals surface area contributed by atoms with Crippen LogP contribution >= 0.6 is 11.6 Å². The van der Waals surface area contributed by atoms with Gasteiger partial charge in [0.1, 0.15) is 5.82 Å². The summed E-state index contributed by atoms with van der Waals surface area (Å²) in [7, 11) is 0. The van der Waals surface area contributed by atoms with Crippen LogP contribution in [0.15, 0.2) is 18.2 Å². The Kier molecular flexibility index (Phi) is 4.43. The van der Waals surface area contributed by atoms with Gasteiger partial charge < -0.3 is 9.88 Å². The van der Waals surface area contributed by atoms with Gasteiger partial charge in [-0.2, -0.15) is 0 Å². The monoisotopic (exact) mass is 279 g/mol. The molecule has 0 aliphatic rings. The average molecular weight is 280 g/mol. The van der Waals surface area contributed by atoms with Crippen LogP contribution in [0.2, 0.25) is 0 Å². The topological polar surface area (TPSA) is 46.9 Å². The Hall–Kier alpha value is -1.55. The molecule has 1 heterocycles. The van der Waals surface area contributed by atoms with E-state index in [9.17, 15) is 4.79 Å². The van der Waals surface area contributed by atoms with Crippen LogP contribution in [0.3, 0.4) is 0 Å². The number of para-hydroxylation sites is 1. The second kappa shape index (κ2) is 6.06. The summed E-state index contributed by atoms with van der Waals surface area (Å²) in [6.45, 7) is 5.23. The van der Waals surface area contributed by atoms with Gasteiger partial charge in [0.15, 0.2) is 0 Å².